The van der Waals surface area contributed by atoms with Crippen LogP contribution in [-0.4, -0.2) is 11.1 Å². The van der Waals surface area contributed by atoms with Gasteiger partial charge in [-0.2, -0.15) is 0 Å². The summed E-state index contributed by atoms with van der Waals surface area (Å²) in [6.45, 7) is 6.14. The molecule has 0 radical (unpaired) electrons. The molecule has 1 unspecified atom stereocenters. The van der Waals surface area contributed by atoms with Gasteiger partial charge in [0.2, 0.25) is 0 Å². The van der Waals surface area contributed by atoms with Gasteiger partial charge in [-0.3, -0.25) is 0 Å². The highest BCUT2D eigenvalue weighted by Crippen LogP contribution is 2.22. The monoisotopic (exact) mass is 310 g/mol. The van der Waals surface area contributed by atoms with Crippen molar-refractivity contribution in [2.45, 2.75) is 33.6 Å². The molecule has 1 rings (SSSR count). The number of benzene rings is 1. The third-order valence-electron chi connectivity index (χ3n) is 3.10. The first-order valence-corrected chi connectivity index (χ1v) is 6.93. The molecule has 1 atom stereocenters. The molecule has 1 aromatic carbocycles. The van der Waals surface area contributed by atoms with Crippen LogP contribution in [0.1, 0.15) is 37.8 Å². The van der Waals surface area contributed by atoms with E-state index in [-0.39, 0.29) is 0 Å². The molecular formula is C15H19BrO2. The maximum atomic E-state index is 11.3. The SMILES string of the molecule is CCC(C)C/C(=C\c1ccc(Br)cc1C)C(=O)O. The molecule has 2 nitrogen and oxygen atoms in total. The second kappa shape index (κ2) is 6.74. The number of rotatable bonds is 5. The summed E-state index contributed by atoms with van der Waals surface area (Å²) in [6.07, 6.45) is 3.39. The Morgan fingerprint density at radius 2 is 2.17 bits per heavy atom. The summed E-state index contributed by atoms with van der Waals surface area (Å²) in [5.74, 6) is -0.430. The van der Waals surface area contributed by atoms with Crippen molar-refractivity contribution in [3.63, 3.8) is 0 Å². The fourth-order valence-electron chi connectivity index (χ4n) is 1.72. The summed E-state index contributed by atoms with van der Waals surface area (Å²) in [5.41, 5.74) is 2.53. The molecule has 1 aromatic rings. The summed E-state index contributed by atoms with van der Waals surface area (Å²) >= 11 is 3.41. The van der Waals surface area contributed by atoms with Crippen molar-refractivity contribution in [2.75, 3.05) is 0 Å². The van der Waals surface area contributed by atoms with Gasteiger partial charge in [0, 0.05) is 10.0 Å². The Bertz CT molecular complexity index is 464. The highest BCUT2D eigenvalue weighted by Gasteiger charge is 2.11. The minimum atomic E-state index is -0.822. The van der Waals surface area contributed by atoms with Crippen molar-refractivity contribution in [3.8, 4) is 0 Å². The van der Waals surface area contributed by atoms with Gasteiger partial charge in [-0.1, -0.05) is 42.3 Å². The Hall–Kier alpha value is -1.09. The quantitative estimate of drug-likeness (QED) is 0.803. The molecule has 0 spiro atoms. The van der Waals surface area contributed by atoms with E-state index in [1.165, 1.54) is 0 Å². The van der Waals surface area contributed by atoms with Gasteiger partial charge in [0.25, 0.3) is 0 Å². The molecule has 0 aliphatic heterocycles. The Kier molecular flexibility index (Phi) is 5.60. The summed E-state index contributed by atoms with van der Waals surface area (Å²) in [7, 11) is 0. The highest BCUT2D eigenvalue weighted by molar-refractivity contribution is 9.10. The molecule has 1 N–H and O–H groups in total. The van der Waals surface area contributed by atoms with Crippen molar-refractivity contribution in [3.05, 3.63) is 39.4 Å². The number of carboxylic acid groups (broad SMARTS) is 1. The van der Waals surface area contributed by atoms with Crippen LogP contribution in [0.3, 0.4) is 0 Å². The zero-order valence-electron chi connectivity index (χ0n) is 11.0. The lowest BCUT2D eigenvalue weighted by atomic mass is 9.96. The molecule has 0 aromatic heterocycles. The van der Waals surface area contributed by atoms with E-state index < -0.39 is 5.97 Å². The van der Waals surface area contributed by atoms with Crippen molar-refractivity contribution >= 4 is 28.0 Å². The molecule has 0 aliphatic carbocycles. The normalized spacial score (nSPS) is 13.4. The van der Waals surface area contributed by atoms with E-state index in [1.54, 1.807) is 6.08 Å². The van der Waals surface area contributed by atoms with Gasteiger partial charge in [0.15, 0.2) is 0 Å². The third kappa shape index (κ3) is 4.30. The highest BCUT2D eigenvalue weighted by atomic mass is 79.9. The van der Waals surface area contributed by atoms with Gasteiger partial charge in [-0.25, -0.2) is 4.79 Å². The topological polar surface area (TPSA) is 37.3 Å². The van der Waals surface area contributed by atoms with Crippen LogP contribution in [-0.2, 0) is 4.79 Å². The first-order valence-electron chi connectivity index (χ1n) is 6.14. The van der Waals surface area contributed by atoms with Crippen LogP contribution in [0, 0.1) is 12.8 Å². The Labute approximate surface area is 117 Å². The van der Waals surface area contributed by atoms with Crippen molar-refractivity contribution < 1.29 is 9.90 Å². The fraction of sp³-hybridized carbons (Fsp3) is 0.400. The smallest absolute Gasteiger partial charge is 0.331 e. The average Bonchev–Trinajstić information content (AvgIpc) is 2.30. The van der Waals surface area contributed by atoms with Crippen LogP contribution in [0.15, 0.2) is 28.2 Å². The van der Waals surface area contributed by atoms with E-state index in [4.69, 9.17) is 0 Å². The molecule has 0 aliphatic rings. The average molecular weight is 311 g/mol. The van der Waals surface area contributed by atoms with Gasteiger partial charge < -0.3 is 5.11 Å². The molecule has 0 fully saturated rings. The molecule has 0 heterocycles. The van der Waals surface area contributed by atoms with Crippen LogP contribution in [0.5, 0.6) is 0 Å². The number of aryl methyl sites for hydroxylation is 1. The first-order chi connectivity index (χ1) is 8.43. The summed E-state index contributed by atoms with van der Waals surface area (Å²) in [4.78, 5) is 11.3. The zero-order valence-corrected chi connectivity index (χ0v) is 12.6. The molecule has 0 saturated heterocycles. The third-order valence-corrected chi connectivity index (χ3v) is 3.59. The summed E-state index contributed by atoms with van der Waals surface area (Å²) in [5, 5.41) is 9.25. The lowest BCUT2D eigenvalue weighted by Crippen LogP contribution is -2.05. The standard InChI is InChI=1S/C15H19BrO2/c1-4-10(2)7-13(15(17)18)9-12-5-6-14(16)8-11(12)3/h5-6,8-10H,4,7H2,1-3H3,(H,17,18)/b13-9+. The van der Waals surface area contributed by atoms with Gasteiger partial charge in [0.05, 0.1) is 0 Å². The predicted octanol–water partition coefficient (Wildman–Crippen LogP) is 4.66. The zero-order chi connectivity index (χ0) is 13.7. The van der Waals surface area contributed by atoms with E-state index in [2.05, 4.69) is 29.8 Å². The first kappa shape index (κ1) is 15.0. The molecule has 18 heavy (non-hydrogen) atoms. The summed E-state index contributed by atoms with van der Waals surface area (Å²) in [6, 6.07) is 5.87. The maximum absolute atomic E-state index is 11.3. The van der Waals surface area contributed by atoms with Crippen LogP contribution in [0.4, 0.5) is 0 Å². The molecular weight excluding hydrogens is 292 g/mol. The fourth-order valence-corrected chi connectivity index (χ4v) is 2.19. The Morgan fingerprint density at radius 1 is 1.50 bits per heavy atom. The summed E-state index contributed by atoms with van der Waals surface area (Å²) < 4.78 is 1.01. The number of carbonyl (C=O) groups is 1. The van der Waals surface area contributed by atoms with Crippen LogP contribution in [0.2, 0.25) is 0 Å². The molecule has 0 amide bonds. The molecule has 0 saturated carbocycles. The van der Waals surface area contributed by atoms with Gasteiger partial charge >= 0.3 is 5.97 Å². The van der Waals surface area contributed by atoms with Crippen LogP contribution in [0.25, 0.3) is 6.08 Å². The van der Waals surface area contributed by atoms with Crippen LogP contribution >= 0.6 is 15.9 Å². The van der Waals surface area contributed by atoms with E-state index in [0.29, 0.717) is 17.9 Å². The van der Waals surface area contributed by atoms with Crippen molar-refractivity contribution in [1.29, 1.82) is 0 Å². The van der Waals surface area contributed by atoms with E-state index >= 15 is 0 Å². The van der Waals surface area contributed by atoms with E-state index in [0.717, 1.165) is 22.0 Å². The van der Waals surface area contributed by atoms with E-state index in [9.17, 15) is 9.90 Å². The number of halogens is 1. The van der Waals surface area contributed by atoms with Gasteiger partial charge in [-0.15, -0.1) is 0 Å². The maximum Gasteiger partial charge on any atom is 0.331 e. The van der Waals surface area contributed by atoms with Crippen molar-refractivity contribution in [2.24, 2.45) is 5.92 Å². The number of carboxylic acids is 1. The largest absolute Gasteiger partial charge is 0.478 e. The van der Waals surface area contributed by atoms with Gasteiger partial charge in [0.1, 0.15) is 0 Å². The molecule has 98 valence electrons. The van der Waals surface area contributed by atoms with Crippen molar-refractivity contribution in [1.82, 2.24) is 0 Å². The van der Waals surface area contributed by atoms with Crippen LogP contribution < -0.4 is 0 Å². The minimum Gasteiger partial charge on any atom is -0.478 e. The van der Waals surface area contributed by atoms with E-state index in [1.807, 2.05) is 25.1 Å². The lowest BCUT2D eigenvalue weighted by molar-refractivity contribution is -0.132. The lowest BCUT2D eigenvalue weighted by Gasteiger charge is -2.10. The second-order valence-electron chi connectivity index (χ2n) is 4.69. The second-order valence-corrected chi connectivity index (χ2v) is 5.61. The Balaban J connectivity index is 3.04. The number of aliphatic carboxylic acids is 1. The predicted molar refractivity (Wildman–Crippen MR) is 78.6 cm³/mol. The number of hydrogen-bond acceptors (Lipinski definition) is 1. The minimum absolute atomic E-state index is 0.392. The Morgan fingerprint density at radius 3 is 2.67 bits per heavy atom. The molecule has 3 heteroatoms. The van der Waals surface area contributed by atoms with Gasteiger partial charge in [-0.05, 0) is 48.6 Å². The molecule has 0 bridgehead atoms. The number of hydrogen-bond donors (Lipinski definition) is 1.